The average molecular weight is 302 g/mol. The molecule has 0 aromatic carbocycles. The van der Waals surface area contributed by atoms with Gasteiger partial charge in [-0.25, -0.2) is 4.79 Å². The molecule has 2 rings (SSSR count). The Balaban J connectivity index is 2.17. The van der Waals surface area contributed by atoms with E-state index in [0.717, 1.165) is 13.0 Å². The first-order valence-electron chi connectivity index (χ1n) is 5.65. The number of halogens is 1. The van der Waals surface area contributed by atoms with E-state index in [1.807, 2.05) is 0 Å². The van der Waals surface area contributed by atoms with Gasteiger partial charge in [-0.3, -0.25) is 14.3 Å². The summed E-state index contributed by atoms with van der Waals surface area (Å²) in [4.78, 5) is 24.8. The van der Waals surface area contributed by atoms with Gasteiger partial charge in [0.2, 0.25) is 5.13 Å². The number of anilines is 1. The monoisotopic (exact) mass is 301 g/mol. The Hall–Kier alpha value is -1.67. The Morgan fingerprint density at radius 2 is 2.26 bits per heavy atom. The van der Waals surface area contributed by atoms with Crippen LogP contribution in [0, 0.1) is 0 Å². The van der Waals surface area contributed by atoms with Gasteiger partial charge in [0, 0.05) is 12.7 Å². The van der Waals surface area contributed by atoms with Gasteiger partial charge < -0.3 is 5.32 Å². The summed E-state index contributed by atoms with van der Waals surface area (Å²) in [6.07, 6.45) is 2.28. The molecular formula is C10H12ClN5O2S. The zero-order chi connectivity index (χ0) is 13.8. The van der Waals surface area contributed by atoms with Crippen molar-refractivity contribution < 1.29 is 0 Å². The van der Waals surface area contributed by atoms with Crippen molar-refractivity contribution in [1.29, 1.82) is 0 Å². The zero-order valence-corrected chi connectivity index (χ0v) is 11.7. The van der Waals surface area contributed by atoms with E-state index in [4.69, 9.17) is 11.6 Å². The summed E-state index contributed by atoms with van der Waals surface area (Å²) in [6, 6.07) is 0. The highest BCUT2D eigenvalue weighted by molar-refractivity contribution is 7.15. The van der Waals surface area contributed by atoms with Crippen LogP contribution in [0.3, 0.4) is 0 Å². The topological polar surface area (TPSA) is 92.7 Å². The Bertz CT molecular complexity index is 677. The largest absolute Gasteiger partial charge is 0.360 e. The van der Waals surface area contributed by atoms with E-state index in [-0.39, 0.29) is 11.6 Å². The summed E-state index contributed by atoms with van der Waals surface area (Å²) >= 11 is 7.04. The molecule has 0 fully saturated rings. The SMILES string of the molecule is CCCNc1nnc(Cn2cc(Cl)c(=O)[nH]c2=O)s1. The second kappa shape index (κ2) is 5.98. The van der Waals surface area contributed by atoms with Gasteiger partial charge in [0.15, 0.2) is 0 Å². The highest BCUT2D eigenvalue weighted by atomic mass is 35.5. The summed E-state index contributed by atoms with van der Waals surface area (Å²) in [5.41, 5.74) is -1.11. The predicted octanol–water partition coefficient (Wildman–Crippen LogP) is 0.912. The van der Waals surface area contributed by atoms with Crippen molar-refractivity contribution in [2.75, 3.05) is 11.9 Å². The first kappa shape index (κ1) is 13.8. The Labute approximate surface area is 117 Å². The Kier molecular flexibility index (Phi) is 4.33. The molecule has 0 aliphatic rings. The Morgan fingerprint density at radius 1 is 1.47 bits per heavy atom. The van der Waals surface area contributed by atoms with E-state index in [1.54, 1.807) is 0 Å². The quantitative estimate of drug-likeness (QED) is 0.856. The number of hydrogen-bond acceptors (Lipinski definition) is 6. The van der Waals surface area contributed by atoms with Gasteiger partial charge in [-0.1, -0.05) is 29.9 Å². The molecule has 0 saturated heterocycles. The fourth-order valence-electron chi connectivity index (χ4n) is 1.37. The first-order chi connectivity index (χ1) is 9.10. The molecule has 19 heavy (non-hydrogen) atoms. The summed E-state index contributed by atoms with van der Waals surface area (Å²) < 4.78 is 1.29. The van der Waals surface area contributed by atoms with Crippen LogP contribution in [0.5, 0.6) is 0 Å². The fourth-order valence-corrected chi connectivity index (χ4v) is 2.30. The lowest BCUT2D eigenvalue weighted by Crippen LogP contribution is -2.29. The van der Waals surface area contributed by atoms with Crippen molar-refractivity contribution in [2.24, 2.45) is 0 Å². The lowest BCUT2D eigenvalue weighted by atomic mass is 10.5. The third-order valence-electron chi connectivity index (χ3n) is 2.27. The molecule has 0 unspecified atom stereocenters. The van der Waals surface area contributed by atoms with Crippen LogP contribution in [-0.4, -0.2) is 26.3 Å². The predicted molar refractivity (Wildman–Crippen MR) is 74.1 cm³/mol. The lowest BCUT2D eigenvalue weighted by Gasteiger charge is -2.01. The molecule has 0 atom stereocenters. The number of rotatable bonds is 5. The molecule has 2 aromatic heterocycles. The van der Waals surface area contributed by atoms with Crippen LogP contribution < -0.4 is 16.6 Å². The van der Waals surface area contributed by atoms with Crippen LogP contribution in [0.25, 0.3) is 0 Å². The average Bonchev–Trinajstić information content (AvgIpc) is 2.81. The molecule has 0 radical (unpaired) electrons. The maximum atomic E-state index is 11.6. The fraction of sp³-hybridized carbons (Fsp3) is 0.400. The van der Waals surface area contributed by atoms with Crippen molar-refractivity contribution in [3.63, 3.8) is 0 Å². The van der Waals surface area contributed by atoms with Crippen LogP contribution in [0.4, 0.5) is 5.13 Å². The van der Waals surface area contributed by atoms with Crippen LogP contribution in [0.15, 0.2) is 15.8 Å². The molecule has 0 amide bonds. The Morgan fingerprint density at radius 3 is 3.00 bits per heavy atom. The summed E-state index contributed by atoms with van der Waals surface area (Å²) in [5, 5.41) is 12.4. The van der Waals surface area contributed by atoms with E-state index in [2.05, 4.69) is 27.4 Å². The van der Waals surface area contributed by atoms with E-state index >= 15 is 0 Å². The first-order valence-corrected chi connectivity index (χ1v) is 6.85. The lowest BCUT2D eigenvalue weighted by molar-refractivity contribution is 0.709. The second-order valence-corrected chi connectivity index (χ2v) is 5.26. The van der Waals surface area contributed by atoms with Crippen molar-refractivity contribution >= 4 is 28.1 Å². The molecule has 2 N–H and O–H groups in total. The molecule has 2 aromatic rings. The molecule has 0 aliphatic heterocycles. The van der Waals surface area contributed by atoms with E-state index in [9.17, 15) is 9.59 Å². The van der Waals surface area contributed by atoms with Crippen molar-refractivity contribution in [3.05, 3.63) is 37.1 Å². The molecule has 0 bridgehead atoms. The van der Waals surface area contributed by atoms with Crippen molar-refractivity contribution in [2.45, 2.75) is 19.9 Å². The standard InChI is InChI=1S/C10H12ClN5O2S/c1-2-3-12-9-15-14-7(19-9)5-16-4-6(11)8(17)13-10(16)18/h4H,2-3,5H2,1H3,(H,12,15)(H,13,17,18). The van der Waals surface area contributed by atoms with Crippen LogP contribution in [0.2, 0.25) is 5.02 Å². The third-order valence-corrected chi connectivity index (χ3v) is 3.40. The number of hydrogen-bond donors (Lipinski definition) is 2. The second-order valence-electron chi connectivity index (χ2n) is 3.79. The number of aromatic amines is 1. The van der Waals surface area contributed by atoms with Gasteiger partial charge in [-0.2, -0.15) is 0 Å². The van der Waals surface area contributed by atoms with Crippen LogP contribution in [0.1, 0.15) is 18.4 Å². The van der Waals surface area contributed by atoms with E-state index in [0.29, 0.717) is 10.1 Å². The van der Waals surface area contributed by atoms with Crippen molar-refractivity contribution in [1.82, 2.24) is 19.7 Å². The maximum Gasteiger partial charge on any atom is 0.328 e. The molecule has 2 heterocycles. The molecule has 0 spiro atoms. The summed E-state index contributed by atoms with van der Waals surface area (Å²) in [6.45, 7) is 3.09. The van der Waals surface area contributed by atoms with E-state index in [1.165, 1.54) is 22.1 Å². The number of aromatic nitrogens is 4. The molecular weight excluding hydrogens is 290 g/mol. The van der Waals surface area contributed by atoms with Crippen LogP contribution >= 0.6 is 22.9 Å². The summed E-state index contributed by atoms with van der Waals surface area (Å²) in [7, 11) is 0. The number of nitrogens with zero attached hydrogens (tertiary/aromatic N) is 3. The minimum absolute atomic E-state index is 0.0338. The maximum absolute atomic E-state index is 11.6. The smallest absolute Gasteiger partial charge is 0.328 e. The van der Waals surface area contributed by atoms with Gasteiger partial charge in [0.25, 0.3) is 5.56 Å². The van der Waals surface area contributed by atoms with Gasteiger partial charge in [0.05, 0.1) is 6.54 Å². The highest BCUT2D eigenvalue weighted by Crippen LogP contribution is 2.15. The van der Waals surface area contributed by atoms with Gasteiger partial charge in [-0.05, 0) is 6.42 Å². The molecule has 9 heteroatoms. The van der Waals surface area contributed by atoms with Gasteiger partial charge in [-0.15, -0.1) is 10.2 Å². The third kappa shape index (κ3) is 3.42. The normalized spacial score (nSPS) is 10.6. The molecule has 0 saturated carbocycles. The molecule has 102 valence electrons. The van der Waals surface area contributed by atoms with Crippen LogP contribution in [-0.2, 0) is 6.54 Å². The minimum Gasteiger partial charge on any atom is -0.360 e. The number of H-pyrrole nitrogens is 1. The molecule has 7 nitrogen and oxygen atoms in total. The van der Waals surface area contributed by atoms with Gasteiger partial charge in [0.1, 0.15) is 10.0 Å². The highest BCUT2D eigenvalue weighted by Gasteiger charge is 2.07. The molecule has 0 aliphatic carbocycles. The van der Waals surface area contributed by atoms with Gasteiger partial charge >= 0.3 is 5.69 Å². The minimum atomic E-state index is -0.592. The zero-order valence-electron chi connectivity index (χ0n) is 10.1. The van der Waals surface area contributed by atoms with Crippen molar-refractivity contribution in [3.8, 4) is 0 Å². The number of nitrogens with one attached hydrogen (secondary N) is 2. The van der Waals surface area contributed by atoms with E-state index < -0.39 is 11.2 Å². The summed E-state index contributed by atoms with van der Waals surface area (Å²) in [5.74, 6) is 0.